The first kappa shape index (κ1) is 14.5. The van der Waals surface area contributed by atoms with Crippen molar-refractivity contribution in [3.8, 4) is 0 Å². The van der Waals surface area contributed by atoms with Crippen molar-refractivity contribution in [2.45, 2.75) is 32.2 Å². The van der Waals surface area contributed by atoms with Gasteiger partial charge in [0.1, 0.15) is 0 Å². The third kappa shape index (κ3) is 3.25. The predicted octanol–water partition coefficient (Wildman–Crippen LogP) is 3.70. The van der Waals surface area contributed by atoms with Crippen LogP contribution in [0.1, 0.15) is 37.9 Å². The van der Waals surface area contributed by atoms with E-state index in [0.29, 0.717) is 12.0 Å². The number of rotatable bonds is 5. The van der Waals surface area contributed by atoms with Crippen molar-refractivity contribution in [3.05, 3.63) is 42.2 Å². The predicted molar refractivity (Wildman–Crippen MR) is 86.3 cm³/mol. The molecule has 112 valence electrons. The molecule has 1 aliphatic rings. The largest absolute Gasteiger partial charge is 0.381 e. The number of nitrogens with zero attached hydrogens (tertiary/aromatic N) is 1. The molecule has 2 heterocycles. The van der Waals surface area contributed by atoms with Crippen LogP contribution in [0, 0.1) is 5.92 Å². The zero-order chi connectivity index (χ0) is 14.5. The van der Waals surface area contributed by atoms with E-state index in [1.54, 1.807) is 0 Å². The summed E-state index contributed by atoms with van der Waals surface area (Å²) < 4.78 is 5.53. The number of aromatic nitrogens is 1. The van der Waals surface area contributed by atoms with E-state index in [4.69, 9.17) is 9.72 Å². The Morgan fingerprint density at radius 1 is 1.24 bits per heavy atom. The maximum atomic E-state index is 5.53. The summed E-state index contributed by atoms with van der Waals surface area (Å²) in [6, 6.07) is 11.0. The van der Waals surface area contributed by atoms with Crippen molar-refractivity contribution in [2.24, 2.45) is 5.92 Å². The second kappa shape index (κ2) is 7.01. The van der Waals surface area contributed by atoms with Crippen molar-refractivity contribution in [3.63, 3.8) is 0 Å². The van der Waals surface area contributed by atoms with Gasteiger partial charge in [0.25, 0.3) is 0 Å². The summed E-state index contributed by atoms with van der Waals surface area (Å²) in [5.41, 5.74) is 1.20. The molecule has 1 aliphatic heterocycles. The quantitative estimate of drug-likeness (QED) is 0.909. The van der Waals surface area contributed by atoms with Gasteiger partial charge in [-0.1, -0.05) is 31.2 Å². The average Bonchev–Trinajstić information content (AvgIpc) is 2.56. The Labute approximate surface area is 126 Å². The molecule has 2 aromatic rings. The van der Waals surface area contributed by atoms with Gasteiger partial charge in [-0.15, -0.1) is 0 Å². The van der Waals surface area contributed by atoms with Crippen LogP contribution in [0.4, 0.5) is 0 Å². The zero-order valence-corrected chi connectivity index (χ0v) is 12.7. The van der Waals surface area contributed by atoms with Crippen LogP contribution in [-0.4, -0.2) is 24.7 Å². The molecule has 1 fully saturated rings. The Kier molecular flexibility index (Phi) is 4.84. The number of hydrogen-bond acceptors (Lipinski definition) is 3. The van der Waals surface area contributed by atoms with Gasteiger partial charge < -0.3 is 10.1 Å². The van der Waals surface area contributed by atoms with Crippen LogP contribution in [0.2, 0.25) is 0 Å². The minimum absolute atomic E-state index is 0.333. The van der Waals surface area contributed by atoms with Gasteiger partial charge in [0.15, 0.2) is 0 Å². The van der Waals surface area contributed by atoms with E-state index in [1.165, 1.54) is 16.5 Å². The SMILES string of the molecule is CCCNC(c1nccc2ccccc12)C1CCOCC1. The molecule has 0 spiro atoms. The molecule has 1 unspecified atom stereocenters. The zero-order valence-electron chi connectivity index (χ0n) is 12.7. The number of nitrogens with one attached hydrogen (secondary N) is 1. The van der Waals surface area contributed by atoms with Crippen LogP contribution < -0.4 is 5.32 Å². The monoisotopic (exact) mass is 284 g/mol. The molecule has 3 nitrogen and oxygen atoms in total. The minimum Gasteiger partial charge on any atom is -0.381 e. The second-order valence-electron chi connectivity index (χ2n) is 5.80. The molecule has 1 N–H and O–H groups in total. The van der Waals surface area contributed by atoms with E-state index in [2.05, 4.69) is 42.6 Å². The normalized spacial score (nSPS) is 18.0. The summed E-state index contributed by atoms with van der Waals surface area (Å²) in [6.45, 7) is 5.00. The molecule has 1 saturated heterocycles. The van der Waals surface area contributed by atoms with Crippen LogP contribution in [0.5, 0.6) is 0 Å². The second-order valence-corrected chi connectivity index (χ2v) is 5.80. The first-order valence-electron chi connectivity index (χ1n) is 8.05. The molecule has 0 radical (unpaired) electrons. The average molecular weight is 284 g/mol. The Hall–Kier alpha value is -1.45. The Balaban J connectivity index is 1.96. The van der Waals surface area contributed by atoms with Crippen molar-refractivity contribution < 1.29 is 4.74 Å². The minimum atomic E-state index is 0.333. The number of benzene rings is 1. The summed E-state index contributed by atoms with van der Waals surface area (Å²) in [4.78, 5) is 4.73. The van der Waals surface area contributed by atoms with E-state index in [-0.39, 0.29) is 0 Å². The highest BCUT2D eigenvalue weighted by molar-refractivity contribution is 5.84. The number of ether oxygens (including phenoxy) is 1. The van der Waals surface area contributed by atoms with Crippen LogP contribution in [-0.2, 0) is 4.74 Å². The fraction of sp³-hybridized carbons (Fsp3) is 0.500. The number of hydrogen-bond donors (Lipinski definition) is 1. The molecular weight excluding hydrogens is 260 g/mol. The third-order valence-corrected chi connectivity index (χ3v) is 4.35. The molecule has 1 atom stereocenters. The number of pyridine rings is 1. The molecule has 1 aromatic heterocycles. The lowest BCUT2D eigenvalue weighted by Crippen LogP contribution is -2.33. The maximum absolute atomic E-state index is 5.53. The maximum Gasteiger partial charge on any atom is 0.0654 e. The highest BCUT2D eigenvalue weighted by Gasteiger charge is 2.27. The molecule has 0 aliphatic carbocycles. The topological polar surface area (TPSA) is 34.2 Å². The fourth-order valence-corrected chi connectivity index (χ4v) is 3.23. The lowest BCUT2D eigenvalue weighted by atomic mass is 9.87. The fourth-order valence-electron chi connectivity index (χ4n) is 3.23. The molecular formula is C18H24N2O. The summed E-state index contributed by atoms with van der Waals surface area (Å²) >= 11 is 0. The molecule has 0 saturated carbocycles. The van der Waals surface area contributed by atoms with Crippen LogP contribution in [0.25, 0.3) is 10.8 Å². The van der Waals surface area contributed by atoms with E-state index in [0.717, 1.165) is 39.0 Å². The molecule has 3 rings (SSSR count). The smallest absolute Gasteiger partial charge is 0.0654 e. The van der Waals surface area contributed by atoms with Crippen LogP contribution in [0.15, 0.2) is 36.5 Å². The molecule has 3 heteroatoms. The van der Waals surface area contributed by atoms with Crippen molar-refractivity contribution >= 4 is 10.8 Å². The van der Waals surface area contributed by atoms with Gasteiger partial charge in [-0.3, -0.25) is 4.98 Å². The van der Waals surface area contributed by atoms with E-state index >= 15 is 0 Å². The lowest BCUT2D eigenvalue weighted by molar-refractivity contribution is 0.0533. The molecule has 0 amide bonds. The van der Waals surface area contributed by atoms with Gasteiger partial charge in [0, 0.05) is 24.8 Å². The summed E-state index contributed by atoms with van der Waals surface area (Å²) in [6.07, 6.45) is 5.32. The van der Waals surface area contributed by atoms with Gasteiger partial charge in [-0.25, -0.2) is 0 Å². The van der Waals surface area contributed by atoms with E-state index in [1.807, 2.05) is 6.20 Å². The van der Waals surface area contributed by atoms with Gasteiger partial charge in [0.05, 0.1) is 11.7 Å². The highest BCUT2D eigenvalue weighted by atomic mass is 16.5. The van der Waals surface area contributed by atoms with E-state index in [9.17, 15) is 0 Å². The standard InChI is InChI=1S/C18H24N2O/c1-2-10-19-17(15-8-12-21-13-9-15)18-16-6-4-3-5-14(16)7-11-20-18/h3-7,11,15,17,19H,2,8-10,12-13H2,1H3. The Morgan fingerprint density at radius 3 is 2.86 bits per heavy atom. The van der Waals surface area contributed by atoms with Gasteiger partial charge in [0.2, 0.25) is 0 Å². The lowest BCUT2D eigenvalue weighted by Gasteiger charge is -2.31. The van der Waals surface area contributed by atoms with Crippen LogP contribution >= 0.6 is 0 Å². The van der Waals surface area contributed by atoms with Crippen molar-refractivity contribution in [1.29, 1.82) is 0 Å². The van der Waals surface area contributed by atoms with Crippen molar-refractivity contribution in [2.75, 3.05) is 19.8 Å². The molecule has 1 aromatic carbocycles. The van der Waals surface area contributed by atoms with Crippen molar-refractivity contribution in [1.82, 2.24) is 10.3 Å². The molecule has 21 heavy (non-hydrogen) atoms. The van der Waals surface area contributed by atoms with Gasteiger partial charge in [-0.05, 0) is 43.2 Å². The summed E-state index contributed by atoms with van der Waals surface area (Å²) in [5.74, 6) is 0.614. The summed E-state index contributed by atoms with van der Waals surface area (Å²) in [5, 5.41) is 6.28. The highest BCUT2D eigenvalue weighted by Crippen LogP contribution is 2.32. The van der Waals surface area contributed by atoms with Gasteiger partial charge in [-0.2, -0.15) is 0 Å². The Bertz CT molecular complexity index is 573. The Morgan fingerprint density at radius 2 is 2.05 bits per heavy atom. The van der Waals surface area contributed by atoms with Crippen LogP contribution in [0.3, 0.4) is 0 Å². The third-order valence-electron chi connectivity index (χ3n) is 4.35. The first-order chi connectivity index (χ1) is 10.4. The first-order valence-corrected chi connectivity index (χ1v) is 8.05. The molecule has 0 bridgehead atoms. The number of fused-ring (bicyclic) bond motifs is 1. The summed E-state index contributed by atoms with van der Waals surface area (Å²) in [7, 11) is 0. The van der Waals surface area contributed by atoms with E-state index < -0.39 is 0 Å². The van der Waals surface area contributed by atoms with Gasteiger partial charge >= 0.3 is 0 Å².